The van der Waals surface area contributed by atoms with Crippen LogP contribution in [0.15, 0.2) is 48.8 Å². The van der Waals surface area contributed by atoms with E-state index in [2.05, 4.69) is 4.98 Å². The zero-order valence-corrected chi connectivity index (χ0v) is 12.5. The van der Waals surface area contributed by atoms with E-state index in [1.165, 1.54) is 22.5 Å². The molecule has 0 atom stereocenters. The van der Waals surface area contributed by atoms with Gasteiger partial charge in [-0.25, -0.2) is 12.8 Å². The molecule has 1 aliphatic heterocycles. The lowest BCUT2D eigenvalue weighted by atomic mass is 10.2. The smallest absolute Gasteiger partial charge is 0.218 e. The summed E-state index contributed by atoms with van der Waals surface area (Å²) in [5.41, 5.74) is 0.181. The molecule has 1 aromatic carbocycles. The molecule has 1 aliphatic rings. The molecule has 7 heteroatoms. The van der Waals surface area contributed by atoms with Crippen molar-refractivity contribution in [2.75, 3.05) is 13.1 Å². The molecule has 0 amide bonds. The zero-order chi connectivity index (χ0) is 15.6. The van der Waals surface area contributed by atoms with Gasteiger partial charge in [0.25, 0.3) is 0 Å². The normalized spacial score (nSPS) is 16.2. The van der Waals surface area contributed by atoms with Crippen molar-refractivity contribution in [3.8, 4) is 5.75 Å². The highest BCUT2D eigenvalue weighted by molar-refractivity contribution is 7.88. The Bertz CT molecular complexity index is 746. The van der Waals surface area contributed by atoms with E-state index < -0.39 is 15.8 Å². The van der Waals surface area contributed by atoms with Crippen molar-refractivity contribution >= 4 is 10.0 Å². The van der Waals surface area contributed by atoms with Gasteiger partial charge in [-0.1, -0.05) is 18.2 Å². The molecule has 2 heterocycles. The van der Waals surface area contributed by atoms with E-state index in [-0.39, 0.29) is 30.5 Å². The van der Waals surface area contributed by atoms with Gasteiger partial charge in [0.1, 0.15) is 17.7 Å². The highest BCUT2D eigenvalue weighted by Gasteiger charge is 2.37. The van der Waals surface area contributed by atoms with Crippen LogP contribution in [-0.2, 0) is 15.8 Å². The minimum atomic E-state index is -3.52. The molecule has 0 spiro atoms. The number of hydrogen-bond donors (Lipinski definition) is 0. The SMILES string of the molecule is O=S(=O)(Cc1ccccc1F)N1CC(Oc2ccncc2)C1. The van der Waals surface area contributed by atoms with Crippen molar-refractivity contribution in [3.63, 3.8) is 0 Å². The number of nitrogens with zero attached hydrogens (tertiary/aromatic N) is 2. The number of ether oxygens (including phenoxy) is 1. The van der Waals surface area contributed by atoms with E-state index in [4.69, 9.17) is 4.74 Å². The summed E-state index contributed by atoms with van der Waals surface area (Å²) in [5, 5.41) is 0. The fourth-order valence-corrected chi connectivity index (χ4v) is 3.81. The summed E-state index contributed by atoms with van der Waals surface area (Å²) in [7, 11) is -3.52. The topological polar surface area (TPSA) is 59.5 Å². The number of hydrogen-bond acceptors (Lipinski definition) is 4. The van der Waals surface area contributed by atoms with Crippen molar-refractivity contribution in [2.45, 2.75) is 11.9 Å². The van der Waals surface area contributed by atoms with E-state index in [0.717, 1.165) is 0 Å². The third-order valence-corrected chi connectivity index (χ3v) is 5.22. The van der Waals surface area contributed by atoms with E-state index in [9.17, 15) is 12.8 Å². The molecule has 2 aromatic rings. The van der Waals surface area contributed by atoms with Crippen LogP contribution in [-0.4, -0.2) is 36.9 Å². The Morgan fingerprint density at radius 3 is 2.55 bits per heavy atom. The Morgan fingerprint density at radius 1 is 1.18 bits per heavy atom. The third-order valence-electron chi connectivity index (χ3n) is 3.46. The highest BCUT2D eigenvalue weighted by Crippen LogP contribution is 2.22. The predicted octanol–water partition coefficient (Wildman–Crippen LogP) is 1.81. The van der Waals surface area contributed by atoms with E-state index in [1.54, 1.807) is 30.6 Å². The monoisotopic (exact) mass is 322 g/mol. The first-order chi connectivity index (χ1) is 10.5. The van der Waals surface area contributed by atoms with Crippen LogP contribution in [0.5, 0.6) is 5.75 Å². The standard InChI is InChI=1S/C15H15FN2O3S/c16-15-4-2-1-3-12(15)11-22(19,20)18-9-14(10-18)21-13-5-7-17-8-6-13/h1-8,14H,9-11H2. The second-order valence-corrected chi connectivity index (χ2v) is 7.06. The van der Waals surface area contributed by atoms with Crippen LogP contribution >= 0.6 is 0 Å². The summed E-state index contributed by atoms with van der Waals surface area (Å²) in [5.74, 6) is -0.177. The molecule has 22 heavy (non-hydrogen) atoms. The molecule has 116 valence electrons. The Hall–Kier alpha value is -1.99. The summed E-state index contributed by atoms with van der Waals surface area (Å²) in [6, 6.07) is 9.34. The summed E-state index contributed by atoms with van der Waals surface area (Å²) < 4.78 is 44.9. The van der Waals surface area contributed by atoms with Gasteiger partial charge in [-0.15, -0.1) is 0 Å². The number of halogens is 1. The number of pyridine rings is 1. The molecule has 3 rings (SSSR count). The van der Waals surface area contributed by atoms with Crippen molar-refractivity contribution in [1.82, 2.24) is 9.29 Å². The number of benzene rings is 1. The highest BCUT2D eigenvalue weighted by atomic mass is 32.2. The van der Waals surface area contributed by atoms with Crippen molar-refractivity contribution in [3.05, 3.63) is 60.2 Å². The molecule has 1 aromatic heterocycles. The van der Waals surface area contributed by atoms with Gasteiger partial charge >= 0.3 is 0 Å². The van der Waals surface area contributed by atoms with Crippen molar-refractivity contribution in [1.29, 1.82) is 0 Å². The Kier molecular flexibility index (Phi) is 4.08. The largest absolute Gasteiger partial charge is 0.488 e. The van der Waals surface area contributed by atoms with Crippen LogP contribution in [0.25, 0.3) is 0 Å². The fourth-order valence-electron chi connectivity index (χ4n) is 2.21. The van der Waals surface area contributed by atoms with Crippen molar-refractivity contribution < 1.29 is 17.5 Å². The van der Waals surface area contributed by atoms with Crippen LogP contribution in [0, 0.1) is 5.82 Å². The molecular formula is C15H15FN2O3S. The van der Waals surface area contributed by atoms with Crippen LogP contribution in [0.1, 0.15) is 5.56 Å². The molecule has 5 nitrogen and oxygen atoms in total. The Morgan fingerprint density at radius 2 is 1.86 bits per heavy atom. The van der Waals surface area contributed by atoms with Crippen LogP contribution < -0.4 is 4.74 Å². The van der Waals surface area contributed by atoms with Gasteiger partial charge in [0.05, 0.1) is 18.8 Å². The average Bonchev–Trinajstić information content (AvgIpc) is 2.45. The number of sulfonamides is 1. The Labute approximate surface area is 128 Å². The molecule has 0 unspecified atom stereocenters. The first-order valence-corrected chi connectivity index (χ1v) is 8.43. The van der Waals surface area contributed by atoms with Gasteiger partial charge < -0.3 is 4.74 Å². The maximum absolute atomic E-state index is 13.6. The average molecular weight is 322 g/mol. The van der Waals surface area contributed by atoms with Gasteiger partial charge in [0.2, 0.25) is 10.0 Å². The lowest BCUT2D eigenvalue weighted by Gasteiger charge is -2.37. The molecule has 0 N–H and O–H groups in total. The number of aromatic nitrogens is 1. The summed E-state index contributed by atoms with van der Waals surface area (Å²) in [6.45, 7) is 0.554. The van der Waals surface area contributed by atoms with Gasteiger partial charge in [0, 0.05) is 18.0 Å². The summed E-state index contributed by atoms with van der Waals surface area (Å²) in [6.07, 6.45) is 3.04. The molecule has 0 bridgehead atoms. The molecule has 0 aliphatic carbocycles. The van der Waals surface area contributed by atoms with Gasteiger partial charge in [-0.3, -0.25) is 4.98 Å². The van der Waals surface area contributed by atoms with Crippen LogP contribution in [0.3, 0.4) is 0 Å². The first-order valence-electron chi connectivity index (χ1n) is 6.82. The lowest BCUT2D eigenvalue weighted by molar-refractivity contribution is 0.0760. The molecule has 1 saturated heterocycles. The maximum Gasteiger partial charge on any atom is 0.218 e. The fraction of sp³-hybridized carbons (Fsp3) is 0.267. The predicted molar refractivity (Wildman–Crippen MR) is 79.2 cm³/mol. The van der Waals surface area contributed by atoms with Gasteiger partial charge in [-0.05, 0) is 18.2 Å². The minimum Gasteiger partial charge on any atom is -0.488 e. The van der Waals surface area contributed by atoms with E-state index in [1.807, 2.05) is 0 Å². The minimum absolute atomic E-state index is 0.181. The molecule has 0 radical (unpaired) electrons. The molecule has 1 fully saturated rings. The van der Waals surface area contributed by atoms with Gasteiger partial charge in [-0.2, -0.15) is 4.31 Å². The Balaban J connectivity index is 1.58. The van der Waals surface area contributed by atoms with E-state index in [0.29, 0.717) is 5.75 Å². The summed E-state index contributed by atoms with van der Waals surface area (Å²) >= 11 is 0. The quantitative estimate of drug-likeness (QED) is 0.842. The van der Waals surface area contributed by atoms with Crippen LogP contribution in [0.4, 0.5) is 4.39 Å². The van der Waals surface area contributed by atoms with Gasteiger partial charge in [0.15, 0.2) is 0 Å². The third kappa shape index (κ3) is 3.26. The second kappa shape index (κ2) is 6.02. The summed E-state index contributed by atoms with van der Waals surface area (Å²) in [4.78, 5) is 3.88. The molecule has 0 saturated carbocycles. The van der Waals surface area contributed by atoms with Crippen molar-refractivity contribution in [2.24, 2.45) is 0 Å². The first kappa shape index (κ1) is 14.9. The molecular weight excluding hydrogens is 307 g/mol. The number of rotatable bonds is 5. The van der Waals surface area contributed by atoms with E-state index >= 15 is 0 Å². The second-order valence-electron chi connectivity index (χ2n) is 5.09. The zero-order valence-electron chi connectivity index (χ0n) is 11.7. The maximum atomic E-state index is 13.6. The lowest BCUT2D eigenvalue weighted by Crippen LogP contribution is -2.56. The van der Waals surface area contributed by atoms with Crippen LogP contribution in [0.2, 0.25) is 0 Å².